The zero-order valence-corrected chi connectivity index (χ0v) is 7.78. The van der Waals surface area contributed by atoms with Crippen LogP contribution in [0.15, 0.2) is 12.1 Å². The van der Waals surface area contributed by atoms with E-state index >= 15 is 0 Å². The Morgan fingerprint density at radius 1 is 1.29 bits per heavy atom. The molecule has 0 heterocycles. The van der Waals surface area contributed by atoms with Gasteiger partial charge in [0.2, 0.25) is 0 Å². The van der Waals surface area contributed by atoms with Crippen molar-refractivity contribution in [3.63, 3.8) is 0 Å². The van der Waals surface area contributed by atoms with Crippen molar-refractivity contribution in [2.75, 3.05) is 6.54 Å². The van der Waals surface area contributed by atoms with E-state index in [1.54, 1.807) is 0 Å². The summed E-state index contributed by atoms with van der Waals surface area (Å²) in [6.07, 6.45) is 2.65. The van der Waals surface area contributed by atoms with E-state index in [0.29, 0.717) is 0 Å². The summed E-state index contributed by atoms with van der Waals surface area (Å²) in [5, 5.41) is -0.846. The molecule has 1 rings (SSSR count). The Morgan fingerprint density at radius 2 is 1.93 bits per heavy atom. The summed E-state index contributed by atoms with van der Waals surface area (Å²) in [6, 6.07) is 0.725. The zero-order valence-electron chi connectivity index (χ0n) is 7.03. The van der Waals surface area contributed by atoms with Crippen LogP contribution in [0, 0.1) is 17.5 Å². The van der Waals surface area contributed by atoms with Gasteiger partial charge in [-0.25, -0.2) is 13.2 Å². The number of hydrogen-bond acceptors (Lipinski definition) is 1. The monoisotopic (exact) mass is 221 g/mol. The Morgan fingerprint density at radius 3 is 2.50 bits per heavy atom. The molecule has 5 heteroatoms. The van der Waals surface area contributed by atoms with E-state index in [1.165, 1.54) is 12.2 Å². The van der Waals surface area contributed by atoms with Gasteiger partial charge < -0.3 is 5.73 Å². The van der Waals surface area contributed by atoms with Gasteiger partial charge in [0.1, 0.15) is 5.02 Å². The maximum atomic E-state index is 13.1. The molecule has 0 bridgehead atoms. The zero-order chi connectivity index (χ0) is 10.7. The summed E-state index contributed by atoms with van der Waals surface area (Å²) in [4.78, 5) is 0. The minimum Gasteiger partial charge on any atom is -0.327 e. The van der Waals surface area contributed by atoms with Crippen molar-refractivity contribution in [3.05, 3.63) is 40.2 Å². The van der Waals surface area contributed by atoms with Crippen molar-refractivity contribution in [3.8, 4) is 0 Å². The van der Waals surface area contributed by atoms with Crippen LogP contribution in [0.5, 0.6) is 0 Å². The topological polar surface area (TPSA) is 26.0 Å². The molecular weight excluding hydrogens is 215 g/mol. The van der Waals surface area contributed by atoms with Crippen LogP contribution in [-0.4, -0.2) is 6.54 Å². The molecule has 0 saturated carbocycles. The second-order valence-electron chi connectivity index (χ2n) is 2.53. The minimum absolute atomic E-state index is 0.126. The largest absolute Gasteiger partial charge is 0.327 e. The molecule has 0 fully saturated rings. The highest BCUT2D eigenvalue weighted by molar-refractivity contribution is 6.31. The van der Waals surface area contributed by atoms with Crippen molar-refractivity contribution in [1.82, 2.24) is 0 Å². The lowest BCUT2D eigenvalue weighted by Crippen LogP contribution is -1.95. The molecule has 1 nitrogen and oxygen atoms in total. The SMILES string of the molecule is NC/C=C/c1cc(F)c(F)c(Cl)c1F. The van der Waals surface area contributed by atoms with E-state index in [9.17, 15) is 13.2 Å². The van der Waals surface area contributed by atoms with Crippen molar-refractivity contribution in [1.29, 1.82) is 0 Å². The molecule has 0 aliphatic heterocycles. The summed E-state index contributed by atoms with van der Waals surface area (Å²) in [5.74, 6) is -3.56. The van der Waals surface area contributed by atoms with Gasteiger partial charge in [-0.2, -0.15) is 0 Å². The maximum Gasteiger partial charge on any atom is 0.180 e. The van der Waals surface area contributed by atoms with E-state index < -0.39 is 22.5 Å². The molecule has 0 radical (unpaired) electrons. The first-order valence-electron chi connectivity index (χ1n) is 3.77. The van der Waals surface area contributed by atoms with Crippen LogP contribution < -0.4 is 5.73 Å². The molecule has 0 saturated heterocycles. The average Bonchev–Trinajstić information content (AvgIpc) is 2.18. The number of rotatable bonds is 2. The van der Waals surface area contributed by atoms with Crippen LogP contribution >= 0.6 is 11.6 Å². The van der Waals surface area contributed by atoms with Crippen LogP contribution in [-0.2, 0) is 0 Å². The molecular formula is C9H7ClF3N. The Balaban J connectivity index is 3.26. The molecule has 1 aromatic rings. The van der Waals surface area contributed by atoms with Crippen molar-refractivity contribution in [2.45, 2.75) is 0 Å². The summed E-state index contributed by atoms with van der Waals surface area (Å²) in [5.41, 5.74) is 5.00. The van der Waals surface area contributed by atoms with Gasteiger partial charge in [0.05, 0.1) is 0 Å². The molecule has 0 aliphatic rings. The van der Waals surface area contributed by atoms with Gasteiger partial charge in [-0.05, 0) is 6.07 Å². The molecule has 76 valence electrons. The lowest BCUT2D eigenvalue weighted by molar-refractivity contribution is 0.494. The van der Waals surface area contributed by atoms with Crippen LogP contribution in [0.4, 0.5) is 13.2 Å². The average molecular weight is 222 g/mol. The predicted molar refractivity (Wildman–Crippen MR) is 49.4 cm³/mol. The highest BCUT2D eigenvalue weighted by Crippen LogP contribution is 2.25. The predicted octanol–water partition coefficient (Wildman–Crippen LogP) is 2.73. The number of halogens is 4. The number of benzene rings is 1. The molecule has 0 atom stereocenters. The van der Waals surface area contributed by atoms with E-state index in [0.717, 1.165) is 6.07 Å². The molecule has 2 N–H and O–H groups in total. The number of hydrogen-bond donors (Lipinski definition) is 1. The van der Waals surface area contributed by atoms with Crippen LogP contribution in [0.3, 0.4) is 0 Å². The summed E-state index contributed by atoms with van der Waals surface area (Å²) < 4.78 is 38.6. The van der Waals surface area contributed by atoms with Crippen LogP contribution in [0.25, 0.3) is 6.08 Å². The standard InChI is InChI=1S/C9H7ClF3N/c10-7-8(12)5(2-1-3-14)4-6(11)9(7)13/h1-2,4H,3,14H2/b2-1+. The van der Waals surface area contributed by atoms with Gasteiger partial charge in [0, 0.05) is 12.1 Å². The Kier molecular flexibility index (Phi) is 3.55. The Labute approximate surface area is 84.0 Å². The molecule has 1 aromatic carbocycles. The van der Waals surface area contributed by atoms with Gasteiger partial charge >= 0.3 is 0 Å². The minimum atomic E-state index is -1.38. The lowest BCUT2D eigenvalue weighted by atomic mass is 10.2. The molecule has 0 spiro atoms. The fourth-order valence-electron chi connectivity index (χ4n) is 0.907. The third kappa shape index (κ3) is 2.08. The summed E-state index contributed by atoms with van der Waals surface area (Å²) in [7, 11) is 0. The van der Waals surface area contributed by atoms with Gasteiger partial charge in [-0.3, -0.25) is 0 Å². The third-order valence-corrected chi connectivity index (χ3v) is 1.90. The quantitative estimate of drug-likeness (QED) is 0.603. The third-order valence-electron chi connectivity index (χ3n) is 1.56. The molecule has 0 aliphatic carbocycles. The van der Waals surface area contributed by atoms with E-state index in [4.69, 9.17) is 17.3 Å². The Bertz CT molecular complexity index is 377. The number of nitrogens with two attached hydrogens (primary N) is 1. The second kappa shape index (κ2) is 4.48. The molecule has 0 aromatic heterocycles. The lowest BCUT2D eigenvalue weighted by Gasteiger charge is -2.01. The van der Waals surface area contributed by atoms with Gasteiger partial charge in [0.15, 0.2) is 17.5 Å². The van der Waals surface area contributed by atoms with E-state index in [2.05, 4.69) is 0 Å². The normalized spacial score (nSPS) is 11.2. The van der Waals surface area contributed by atoms with Crippen molar-refractivity contribution < 1.29 is 13.2 Å². The van der Waals surface area contributed by atoms with Crippen molar-refractivity contribution >= 4 is 17.7 Å². The van der Waals surface area contributed by atoms with Crippen LogP contribution in [0.1, 0.15) is 5.56 Å². The molecule has 14 heavy (non-hydrogen) atoms. The molecule has 0 unspecified atom stereocenters. The first kappa shape index (κ1) is 11.1. The van der Waals surface area contributed by atoms with Crippen LogP contribution in [0.2, 0.25) is 5.02 Å². The maximum absolute atomic E-state index is 13.1. The first-order chi connectivity index (χ1) is 6.57. The fraction of sp³-hybridized carbons (Fsp3) is 0.111. The van der Waals surface area contributed by atoms with E-state index in [1.807, 2.05) is 0 Å². The second-order valence-corrected chi connectivity index (χ2v) is 2.91. The van der Waals surface area contributed by atoms with Gasteiger partial charge in [-0.15, -0.1) is 0 Å². The van der Waals surface area contributed by atoms with E-state index in [-0.39, 0.29) is 12.1 Å². The van der Waals surface area contributed by atoms with Crippen molar-refractivity contribution in [2.24, 2.45) is 5.73 Å². The van der Waals surface area contributed by atoms with Gasteiger partial charge in [0.25, 0.3) is 0 Å². The highest BCUT2D eigenvalue weighted by atomic mass is 35.5. The van der Waals surface area contributed by atoms with Gasteiger partial charge in [-0.1, -0.05) is 23.8 Å². The smallest absolute Gasteiger partial charge is 0.180 e. The Hall–Kier alpha value is -1.000. The highest BCUT2D eigenvalue weighted by Gasteiger charge is 2.15. The molecule has 0 amide bonds. The summed E-state index contributed by atoms with van der Waals surface area (Å²) >= 11 is 5.21. The summed E-state index contributed by atoms with van der Waals surface area (Å²) in [6.45, 7) is 0.177. The first-order valence-corrected chi connectivity index (χ1v) is 4.15. The fourth-order valence-corrected chi connectivity index (χ4v) is 1.11.